The molecule has 0 saturated heterocycles. The zero-order chi connectivity index (χ0) is 16.1. The van der Waals surface area contributed by atoms with E-state index in [1.807, 2.05) is 53.2 Å². The van der Waals surface area contributed by atoms with Crippen molar-refractivity contribution in [3.8, 4) is 17.0 Å². The molecule has 0 radical (unpaired) electrons. The molecule has 0 unspecified atom stereocenters. The Morgan fingerprint density at radius 2 is 1.83 bits per heavy atom. The Hall–Kier alpha value is -2.88. The van der Waals surface area contributed by atoms with Gasteiger partial charge in [-0.25, -0.2) is 4.68 Å². The maximum atomic E-state index is 5.21. The summed E-state index contributed by atoms with van der Waals surface area (Å²) in [6.45, 7) is 4.56. The molecule has 0 amide bonds. The molecule has 0 aliphatic rings. The molecule has 0 N–H and O–H groups in total. The first-order valence-electron chi connectivity index (χ1n) is 7.53. The minimum absolute atomic E-state index is 0.702. The second-order valence-corrected chi connectivity index (χ2v) is 5.25. The van der Waals surface area contributed by atoms with Gasteiger partial charge in [-0.1, -0.05) is 41.6 Å². The van der Waals surface area contributed by atoms with Gasteiger partial charge in [-0.2, -0.15) is 0 Å². The Kier molecular flexibility index (Phi) is 4.52. The standard InChI is InChI=1S/C19H19N3O/c1-3-7-18-19(16-10-12-17(23-2)13-11-16)20-21-22(18)14-15-8-5-4-6-9-15/h3-6,8-13H,1,7,14H2,2H3. The van der Waals surface area contributed by atoms with Gasteiger partial charge in [0.25, 0.3) is 0 Å². The third kappa shape index (κ3) is 3.31. The van der Waals surface area contributed by atoms with E-state index in [1.165, 1.54) is 5.56 Å². The number of hydrogen-bond acceptors (Lipinski definition) is 3. The number of ether oxygens (including phenoxy) is 1. The largest absolute Gasteiger partial charge is 0.497 e. The van der Waals surface area contributed by atoms with Crippen molar-refractivity contribution in [3.63, 3.8) is 0 Å². The van der Waals surface area contributed by atoms with Gasteiger partial charge in [0.2, 0.25) is 0 Å². The molecule has 4 heteroatoms. The van der Waals surface area contributed by atoms with Gasteiger partial charge in [-0.15, -0.1) is 11.7 Å². The van der Waals surface area contributed by atoms with E-state index in [9.17, 15) is 0 Å². The minimum Gasteiger partial charge on any atom is -0.497 e. The van der Waals surface area contributed by atoms with Crippen LogP contribution in [0.5, 0.6) is 5.75 Å². The quantitative estimate of drug-likeness (QED) is 0.651. The van der Waals surface area contributed by atoms with Crippen LogP contribution in [-0.4, -0.2) is 22.1 Å². The molecule has 0 saturated carbocycles. The first-order chi connectivity index (χ1) is 11.3. The van der Waals surface area contributed by atoms with E-state index in [2.05, 4.69) is 29.0 Å². The molecule has 1 aromatic heterocycles. The summed E-state index contributed by atoms with van der Waals surface area (Å²) in [4.78, 5) is 0. The zero-order valence-electron chi connectivity index (χ0n) is 13.1. The first kappa shape index (κ1) is 15.0. The molecule has 0 aliphatic carbocycles. The van der Waals surface area contributed by atoms with Crippen molar-refractivity contribution in [2.75, 3.05) is 7.11 Å². The molecule has 3 aromatic rings. The SMILES string of the molecule is C=CCc1c(-c2ccc(OC)cc2)nnn1Cc1ccccc1. The smallest absolute Gasteiger partial charge is 0.118 e. The van der Waals surface area contributed by atoms with Crippen molar-refractivity contribution >= 4 is 0 Å². The predicted molar refractivity (Wildman–Crippen MR) is 91.5 cm³/mol. The maximum absolute atomic E-state index is 5.21. The normalized spacial score (nSPS) is 10.5. The molecule has 4 nitrogen and oxygen atoms in total. The van der Waals surface area contributed by atoms with E-state index >= 15 is 0 Å². The average Bonchev–Trinajstić information content (AvgIpc) is 2.99. The number of methoxy groups -OCH3 is 1. The van der Waals surface area contributed by atoms with Gasteiger partial charge in [-0.05, 0) is 29.8 Å². The molecular weight excluding hydrogens is 286 g/mol. The van der Waals surface area contributed by atoms with Gasteiger partial charge in [0.15, 0.2) is 0 Å². The molecule has 23 heavy (non-hydrogen) atoms. The fourth-order valence-electron chi connectivity index (χ4n) is 2.53. The molecule has 0 fully saturated rings. The van der Waals surface area contributed by atoms with Crippen LogP contribution in [-0.2, 0) is 13.0 Å². The fourth-order valence-corrected chi connectivity index (χ4v) is 2.53. The van der Waals surface area contributed by atoms with Gasteiger partial charge in [0.1, 0.15) is 11.4 Å². The van der Waals surface area contributed by atoms with Gasteiger partial charge < -0.3 is 4.74 Å². The lowest BCUT2D eigenvalue weighted by molar-refractivity contribution is 0.415. The van der Waals surface area contributed by atoms with Gasteiger partial charge in [-0.3, -0.25) is 0 Å². The average molecular weight is 305 g/mol. The van der Waals surface area contributed by atoms with Crippen molar-refractivity contribution < 1.29 is 4.74 Å². The lowest BCUT2D eigenvalue weighted by atomic mass is 10.1. The minimum atomic E-state index is 0.702. The van der Waals surface area contributed by atoms with Crippen molar-refractivity contribution in [1.29, 1.82) is 0 Å². The summed E-state index contributed by atoms with van der Waals surface area (Å²) in [5.41, 5.74) is 4.18. The van der Waals surface area contributed by atoms with E-state index < -0.39 is 0 Å². The third-order valence-electron chi connectivity index (χ3n) is 3.71. The Morgan fingerprint density at radius 3 is 2.48 bits per heavy atom. The molecule has 3 rings (SSSR count). The molecule has 116 valence electrons. The zero-order valence-corrected chi connectivity index (χ0v) is 13.1. The Bertz CT molecular complexity index is 776. The van der Waals surface area contributed by atoms with E-state index in [4.69, 9.17) is 4.74 Å². The third-order valence-corrected chi connectivity index (χ3v) is 3.71. The molecule has 1 heterocycles. The highest BCUT2D eigenvalue weighted by molar-refractivity contribution is 5.62. The fraction of sp³-hybridized carbons (Fsp3) is 0.158. The summed E-state index contributed by atoms with van der Waals surface area (Å²) < 4.78 is 7.15. The van der Waals surface area contributed by atoms with Crippen LogP contribution in [0.2, 0.25) is 0 Å². The molecule has 0 spiro atoms. The first-order valence-corrected chi connectivity index (χ1v) is 7.53. The summed E-state index contributed by atoms with van der Waals surface area (Å²) in [6.07, 6.45) is 2.61. The van der Waals surface area contributed by atoms with Crippen LogP contribution in [0.1, 0.15) is 11.3 Å². The lowest BCUT2D eigenvalue weighted by Gasteiger charge is -2.07. The summed E-state index contributed by atoms with van der Waals surface area (Å²) >= 11 is 0. The predicted octanol–water partition coefficient (Wildman–Crippen LogP) is 3.73. The maximum Gasteiger partial charge on any atom is 0.118 e. The van der Waals surface area contributed by atoms with E-state index in [0.29, 0.717) is 6.54 Å². The van der Waals surface area contributed by atoms with Crippen LogP contribution in [0, 0.1) is 0 Å². The Balaban J connectivity index is 1.95. The Labute approximate surface area is 136 Å². The molecule has 0 aliphatic heterocycles. The van der Waals surface area contributed by atoms with Crippen molar-refractivity contribution in [3.05, 3.63) is 78.5 Å². The molecule has 0 atom stereocenters. The summed E-state index contributed by atoms with van der Waals surface area (Å²) in [5.74, 6) is 0.829. The van der Waals surface area contributed by atoms with Crippen LogP contribution < -0.4 is 4.74 Å². The number of aromatic nitrogens is 3. The summed E-state index contributed by atoms with van der Waals surface area (Å²) in [7, 11) is 1.66. The highest BCUT2D eigenvalue weighted by atomic mass is 16.5. The van der Waals surface area contributed by atoms with Gasteiger partial charge in [0.05, 0.1) is 19.3 Å². The highest BCUT2D eigenvalue weighted by Crippen LogP contribution is 2.24. The van der Waals surface area contributed by atoms with Crippen molar-refractivity contribution in [1.82, 2.24) is 15.0 Å². The van der Waals surface area contributed by atoms with Gasteiger partial charge >= 0.3 is 0 Å². The number of benzene rings is 2. The highest BCUT2D eigenvalue weighted by Gasteiger charge is 2.14. The number of nitrogens with zero attached hydrogens (tertiary/aromatic N) is 3. The summed E-state index contributed by atoms with van der Waals surface area (Å²) in [5, 5.41) is 8.72. The van der Waals surface area contributed by atoms with Crippen molar-refractivity contribution in [2.45, 2.75) is 13.0 Å². The molecule has 0 bridgehead atoms. The monoisotopic (exact) mass is 305 g/mol. The van der Waals surface area contributed by atoms with E-state index in [-0.39, 0.29) is 0 Å². The second-order valence-electron chi connectivity index (χ2n) is 5.25. The second kappa shape index (κ2) is 6.92. The number of rotatable bonds is 6. The number of hydrogen-bond donors (Lipinski definition) is 0. The Morgan fingerprint density at radius 1 is 1.09 bits per heavy atom. The van der Waals surface area contributed by atoms with Crippen LogP contribution in [0.25, 0.3) is 11.3 Å². The van der Waals surface area contributed by atoms with Gasteiger partial charge in [0, 0.05) is 12.0 Å². The van der Waals surface area contributed by atoms with Crippen LogP contribution in [0.3, 0.4) is 0 Å². The lowest BCUT2D eigenvalue weighted by Crippen LogP contribution is -2.06. The van der Waals surface area contributed by atoms with E-state index in [0.717, 1.165) is 29.1 Å². The number of allylic oxidation sites excluding steroid dienone is 1. The van der Waals surface area contributed by atoms with Crippen LogP contribution in [0.15, 0.2) is 67.3 Å². The molecule has 2 aromatic carbocycles. The van der Waals surface area contributed by atoms with Crippen LogP contribution in [0.4, 0.5) is 0 Å². The van der Waals surface area contributed by atoms with Crippen molar-refractivity contribution in [2.24, 2.45) is 0 Å². The topological polar surface area (TPSA) is 39.9 Å². The molecular formula is C19H19N3O. The van der Waals surface area contributed by atoms with Crippen LogP contribution >= 0.6 is 0 Å². The van der Waals surface area contributed by atoms with E-state index in [1.54, 1.807) is 7.11 Å². The summed E-state index contributed by atoms with van der Waals surface area (Å²) in [6, 6.07) is 18.1.